The van der Waals surface area contributed by atoms with Crippen molar-refractivity contribution in [1.82, 2.24) is 19.9 Å². The summed E-state index contributed by atoms with van der Waals surface area (Å²) in [6.45, 7) is 2.96. The number of hydrogen-bond acceptors (Lipinski definition) is 4. The Balaban J connectivity index is 1.77. The van der Waals surface area contributed by atoms with Crippen LogP contribution in [0.4, 0.5) is 0 Å². The maximum atomic E-state index is 5.95. The molecule has 0 atom stereocenters. The van der Waals surface area contributed by atoms with Crippen LogP contribution in [0.2, 0.25) is 0 Å². The Kier molecular flexibility index (Phi) is 4.14. The van der Waals surface area contributed by atoms with Gasteiger partial charge in [-0.25, -0.2) is 4.68 Å². The molecule has 2 heterocycles. The van der Waals surface area contributed by atoms with Crippen LogP contribution in [0.25, 0.3) is 5.69 Å². The molecule has 1 saturated heterocycles. The highest BCUT2D eigenvalue weighted by molar-refractivity contribution is 9.10. The molecule has 1 aromatic heterocycles. The van der Waals surface area contributed by atoms with Crippen LogP contribution < -0.4 is 5.73 Å². The third kappa shape index (κ3) is 3.08. The lowest BCUT2D eigenvalue weighted by Gasteiger charge is -2.29. The monoisotopic (exact) mass is 335 g/mol. The number of halogens is 1. The van der Waals surface area contributed by atoms with Gasteiger partial charge < -0.3 is 5.73 Å². The minimum absolute atomic E-state index is 0.361. The van der Waals surface area contributed by atoms with Gasteiger partial charge in [0, 0.05) is 30.1 Å². The van der Waals surface area contributed by atoms with E-state index in [1.165, 1.54) is 0 Å². The first-order valence-electron chi connectivity index (χ1n) is 6.86. The van der Waals surface area contributed by atoms with Crippen LogP contribution in [0.15, 0.2) is 34.9 Å². The molecule has 5 nitrogen and oxygen atoms in total. The zero-order chi connectivity index (χ0) is 13.9. The lowest BCUT2D eigenvalue weighted by Crippen LogP contribution is -2.39. The van der Waals surface area contributed by atoms with Gasteiger partial charge in [0.1, 0.15) is 0 Å². The number of hydrogen-bond donors (Lipinski definition) is 1. The quantitative estimate of drug-likeness (QED) is 0.931. The molecule has 20 heavy (non-hydrogen) atoms. The van der Waals surface area contributed by atoms with Crippen molar-refractivity contribution in [1.29, 1.82) is 0 Å². The predicted molar refractivity (Wildman–Crippen MR) is 81.5 cm³/mol. The van der Waals surface area contributed by atoms with E-state index in [1.807, 2.05) is 35.1 Å². The van der Waals surface area contributed by atoms with E-state index in [1.54, 1.807) is 0 Å². The number of nitrogens with two attached hydrogens (primary N) is 1. The Morgan fingerprint density at radius 3 is 2.85 bits per heavy atom. The Bertz CT molecular complexity index is 574. The molecule has 106 valence electrons. The summed E-state index contributed by atoms with van der Waals surface area (Å²) in [5.74, 6) is 0. The first-order valence-corrected chi connectivity index (χ1v) is 7.65. The Labute approximate surface area is 126 Å². The summed E-state index contributed by atoms with van der Waals surface area (Å²) in [6, 6.07) is 8.45. The fraction of sp³-hybridized carbons (Fsp3) is 0.429. The molecule has 1 aromatic carbocycles. The molecule has 0 unspecified atom stereocenters. The van der Waals surface area contributed by atoms with Gasteiger partial charge in [-0.05, 0) is 31.0 Å². The highest BCUT2D eigenvalue weighted by atomic mass is 79.9. The van der Waals surface area contributed by atoms with Crippen molar-refractivity contribution in [2.45, 2.75) is 25.4 Å². The molecule has 0 saturated carbocycles. The Morgan fingerprint density at radius 2 is 2.10 bits per heavy atom. The van der Waals surface area contributed by atoms with E-state index in [9.17, 15) is 0 Å². The number of nitrogens with zero attached hydrogens (tertiary/aromatic N) is 4. The van der Waals surface area contributed by atoms with Gasteiger partial charge in [-0.15, -0.1) is 5.10 Å². The third-order valence-electron chi connectivity index (χ3n) is 3.69. The summed E-state index contributed by atoms with van der Waals surface area (Å²) in [6.07, 6.45) is 3.98. The third-order valence-corrected chi connectivity index (χ3v) is 4.18. The minimum atomic E-state index is 0.361. The molecular formula is C14H18BrN5. The van der Waals surface area contributed by atoms with Crippen molar-refractivity contribution in [2.24, 2.45) is 5.73 Å². The minimum Gasteiger partial charge on any atom is -0.328 e. The summed E-state index contributed by atoms with van der Waals surface area (Å²) in [4.78, 5) is 2.41. The van der Waals surface area contributed by atoms with Gasteiger partial charge in [0.05, 0.1) is 17.6 Å². The summed E-state index contributed by atoms with van der Waals surface area (Å²) in [5, 5.41) is 8.26. The average Bonchev–Trinajstić information content (AvgIpc) is 2.89. The highest BCUT2D eigenvalue weighted by Gasteiger charge is 2.18. The van der Waals surface area contributed by atoms with E-state index in [2.05, 4.69) is 31.1 Å². The Morgan fingerprint density at radius 1 is 1.30 bits per heavy atom. The van der Waals surface area contributed by atoms with Gasteiger partial charge >= 0.3 is 0 Å². The second kappa shape index (κ2) is 6.03. The summed E-state index contributed by atoms with van der Waals surface area (Å²) < 4.78 is 2.94. The van der Waals surface area contributed by atoms with Crippen LogP contribution in [0.5, 0.6) is 0 Å². The average molecular weight is 336 g/mol. The molecule has 6 heteroatoms. The molecule has 0 aliphatic carbocycles. The van der Waals surface area contributed by atoms with Gasteiger partial charge in [0.25, 0.3) is 0 Å². The molecular weight excluding hydrogens is 318 g/mol. The highest BCUT2D eigenvalue weighted by Crippen LogP contribution is 2.18. The maximum Gasteiger partial charge on any atom is 0.0786 e. The van der Waals surface area contributed by atoms with Crippen molar-refractivity contribution in [2.75, 3.05) is 13.1 Å². The fourth-order valence-electron chi connectivity index (χ4n) is 2.53. The van der Waals surface area contributed by atoms with E-state index in [-0.39, 0.29) is 0 Å². The van der Waals surface area contributed by atoms with Crippen molar-refractivity contribution < 1.29 is 0 Å². The van der Waals surface area contributed by atoms with E-state index in [0.29, 0.717) is 6.04 Å². The van der Waals surface area contributed by atoms with Crippen LogP contribution in [-0.4, -0.2) is 39.0 Å². The van der Waals surface area contributed by atoms with Gasteiger partial charge in [-0.3, -0.25) is 4.90 Å². The summed E-state index contributed by atoms with van der Waals surface area (Å²) in [7, 11) is 0. The summed E-state index contributed by atoms with van der Waals surface area (Å²) >= 11 is 3.49. The van der Waals surface area contributed by atoms with Gasteiger partial charge in [-0.1, -0.05) is 27.2 Å². The van der Waals surface area contributed by atoms with Crippen LogP contribution in [-0.2, 0) is 6.54 Å². The molecule has 1 fully saturated rings. The van der Waals surface area contributed by atoms with Crippen LogP contribution >= 0.6 is 15.9 Å². The van der Waals surface area contributed by atoms with Crippen molar-refractivity contribution in [3.63, 3.8) is 0 Å². The first-order chi connectivity index (χ1) is 9.72. The standard InChI is InChI=1S/C14H18BrN5/c15-11-2-1-3-13(8-11)20-14(9-17-18-20)10-19-6-4-12(16)5-7-19/h1-3,8-9,12H,4-7,10,16H2. The maximum absolute atomic E-state index is 5.95. The molecule has 2 N–H and O–H groups in total. The van der Waals surface area contributed by atoms with Gasteiger partial charge in [-0.2, -0.15) is 0 Å². The van der Waals surface area contributed by atoms with E-state index in [4.69, 9.17) is 5.73 Å². The molecule has 0 spiro atoms. The number of piperidine rings is 1. The Hall–Kier alpha value is -1.24. The van der Waals surface area contributed by atoms with E-state index >= 15 is 0 Å². The number of aromatic nitrogens is 3. The normalized spacial score (nSPS) is 17.5. The van der Waals surface area contributed by atoms with Gasteiger partial charge in [0.15, 0.2) is 0 Å². The molecule has 0 amide bonds. The lowest BCUT2D eigenvalue weighted by atomic mass is 10.1. The molecule has 0 radical (unpaired) electrons. The van der Waals surface area contributed by atoms with Crippen LogP contribution in [0.3, 0.4) is 0 Å². The van der Waals surface area contributed by atoms with E-state index < -0.39 is 0 Å². The molecule has 0 bridgehead atoms. The smallest absolute Gasteiger partial charge is 0.0786 e. The fourth-order valence-corrected chi connectivity index (χ4v) is 2.92. The molecule has 1 aliphatic heterocycles. The van der Waals surface area contributed by atoms with Crippen molar-refractivity contribution in [3.8, 4) is 5.69 Å². The van der Waals surface area contributed by atoms with E-state index in [0.717, 1.165) is 48.3 Å². The van der Waals surface area contributed by atoms with Crippen molar-refractivity contribution >= 4 is 15.9 Å². The second-order valence-corrected chi connectivity index (χ2v) is 6.15. The molecule has 2 aromatic rings. The first kappa shape index (κ1) is 13.7. The topological polar surface area (TPSA) is 60.0 Å². The summed E-state index contributed by atoms with van der Waals surface area (Å²) in [5.41, 5.74) is 8.08. The number of rotatable bonds is 3. The predicted octanol–water partition coefficient (Wildman–Crippen LogP) is 1.95. The second-order valence-electron chi connectivity index (χ2n) is 5.23. The molecule has 3 rings (SSSR count). The van der Waals surface area contributed by atoms with Gasteiger partial charge in [0.2, 0.25) is 0 Å². The lowest BCUT2D eigenvalue weighted by molar-refractivity contribution is 0.202. The zero-order valence-electron chi connectivity index (χ0n) is 11.2. The van der Waals surface area contributed by atoms with Crippen molar-refractivity contribution in [3.05, 3.63) is 40.6 Å². The largest absolute Gasteiger partial charge is 0.328 e. The number of likely N-dealkylation sites (tertiary alicyclic amines) is 1. The molecule has 1 aliphatic rings. The zero-order valence-corrected chi connectivity index (χ0v) is 12.8. The van der Waals surface area contributed by atoms with Crippen LogP contribution in [0, 0.1) is 0 Å². The SMILES string of the molecule is NC1CCN(Cc2cnnn2-c2cccc(Br)c2)CC1. The van der Waals surface area contributed by atoms with Crippen LogP contribution in [0.1, 0.15) is 18.5 Å². The number of benzene rings is 1.